The van der Waals surface area contributed by atoms with Crippen LogP contribution in [-0.4, -0.2) is 90.8 Å². The van der Waals surface area contributed by atoms with Crippen LogP contribution in [-0.2, 0) is 38.4 Å². The summed E-state index contributed by atoms with van der Waals surface area (Å²) < 4.78 is 18.6. The van der Waals surface area contributed by atoms with E-state index < -0.39 is 0 Å². The molecule has 2 heterocycles. The zero-order chi connectivity index (χ0) is 32.1. The van der Waals surface area contributed by atoms with Crippen molar-refractivity contribution in [1.29, 1.82) is 0 Å². The molecule has 1 aromatic heterocycles. The number of amides is 2. The molecule has 1 aliphatic carbocycles. The van der Waals surface area contributed by atoms with Crippen molar-refractivity contribution in [3.8, 4) is 22.6 Å². The van der Waals surface area contributed by atoms with Crippen molar-refractivity contribution >= 4 is 17.5 Å². The minimum atomic E-state index is -0.277. The van der Waals surface area contributed by atoms with E-state index in [1.807, 2.05) is 23.1 Å². The Morgan fingerprint density at radius 3 is 2.83 bits per heavy atom. The van der Waals surface area contributed by atoms with Gasteiger partial charge in [-0.15, -0.1) is 0 Å². The summed E-state index contributed by atoms with van der Waals surface area (Å²) in [6, 6.07) is 12.1. The second-order valence-corrected chi connectivity index (χ2v) is 12.0. The fraction of sp³-hybridized carbons (Fsp3) is 0.514. The van der Waals surface area contributed by atoms with Gasteiger partial charge in [0, 0.05) is 38.0 Å². The molecule has 1 fully saturated rings. The smallest absolute Gasteiger partial charge is 0.262 e. The summed E-state index contributed by atoms with van der Waals surface area (Å²) in [5.41, 5.74) is 4.63. The predicted octanol–water partition coefficient (Wildman–Crippen LogP) is 4.18. The van der Waals surface area contributed by atoms with Crippen molar-refractivity contribution in [3.05, 3.63) is 59.9 Å². The average Bonchev–Trinajstić information content (AvgIpc) is 3.56. The average molecular weight is 634 g/mol. The minimum Gasteiger partial charge on any atom is -0.506 e. The normalized spacial score (nSPS) is 14.8. The number of phenols is 1. The summed E-state index contributed by atoms with van der Waals surface area (Å²) >= 11 is 0. The number of benzene rings is 2. The number of hydrogen-bond acceptors (Lipinski definition) is 8. The highest BCUT2D eigenvalue weighted by Gasteiger charge is 2.25. The molecular formula is C35H47N5O6. The Labute approximate surface area is 271 Å². The highest BCUT2D eigenvalue weighted by molar-refractivity contribution is 5.97. The van der Waals surface area contributed by atoms with Gasteiger partial charge < -0.3 is 34.9 Å². The molecule has 2 aromatic carbocycles. The van der Waals surface area contributed by atoms with Crippen LogP contribution in [0.1, 0.15) is 49.7 Å². The van der Waals surface area contributed by atoms with Crippen LogP contribution in [0.25, 0.3) is 11.1 Å². The maximum absolute atomic E-state index is 13.4. The fourth-order valence-electron chi connectivity index (χ4n) is 6.18. The van der Waals surface area contributed by atoms with Crippen molar-refractivity contribution in [3.63, 3.8) is 0 Å². The lowest BCUT2D eigenvalue weighted by atomic mass is 9.94. The molecule has 0 saturated heterocycles. The van der Waals surface area contributed by atoms with Crippen LogP contribution in [0.5, 0.6) is 11.5 Å². The van der Waals surface area contributed by atoms with E-state index in [2.05, 4.69) is 44.9 Å². The number of carbonyl (C=O) groups is 2. The molecule has 11 heteroatoms. The quantitative estimate of drug-likeness (QED) is 0.149. The topological polar surface area (TPSA) is 127 Å². The Morgan fingerprint density at radius 2 is 1.98 bits per heavy atom. The number of carbonyl (C=O) groups excluding carboxylic acids is 2. The number of nitrogens with one attached hydrogen (secondary N) is 2. The number of aromatic hydroxyl groups is 1. The number of anilines is 1. The van der Waals surface area contributed by atoms with Gasteiger partial charge in [0.05, 0.1) is 39.0 Å². The second kappa shape index (κ2) is 17.1. The van der Waals surface area contributed by atoms with Gasteiger partial charge >= 0.3 is 0 Å². The first kappa shape index (κ1) is 33.4. The van der Waals surface area contributed by atoms with Gasteiger partial charge in [0.1, 0.15) is 11.4 Å². The molecule has 248 valence electrons. The third-order valence-electron chi connectivity index (χ3n) is 8.68. The van der Waals surface area contributed by atoms with E-state index in [0.717, 1.165) is 55.3 Å². The molecule has 2 amide bonds. The third kappa shape index (κ3) is 9.31. The summed E-state index contributed by atoms with van der Waals surface area (Å²) in [6.07, 6.45) is 11.4. The van der Waals surface area contributed by atoms with Crippen LogP contribution in [0.3, 0.4) is 0 Å². The molecule has 0 unspecified atom stereocenters. The Kier molecular flexibility index (Phi) is 12.4. The van der Waals surface area contributed by atoms with Gasteiger partial charge in [-0.05, 0) is 55.0 Å². The monoisotopic (exact) mass is 633 g/mol. The lowest BCUT2D eigenvalue weighted by molar-refractivity contribution is -0.135. The van der Waals surface area contributed by atoms with Crippen molar-refractivity contribution < 1.29 is 28.9 Å². The lowest BCUT2D eigenvalue weighted by Gasteiger charge is -2.34. The number of phenolic OH excluding ortho intramolecular Hbond substituents is 1. The highest BCUT2D eigenvalue weighted by Crippen LogP contribution is 2.39. The lowest BCUT2D eigenvalue weighted by Crippen LogP contribution is -2.45. The molecule has 3 N–H and O–H groups in total. The number of hydrogen-bond donors (Lipinski definition) is 3. The van der Waals surface area contributed by atoms with Gasteiger partial charge in [-0.3, -0.25) is 14.3 Å². The first-order valence-electron chi connectivity index (χ1n) is 16.5. The molecule has 1 aliphatic heterocycles. The maximum atomic E-state index is 13.4. The van der Waals surface area contributed by atoms with Crippen molar-refractivity contribution in [1.82, 2.24) is 20.0 Å². The van der Waals surface area contributed by atoms with Gasteiger partial charge in [-0.2, -0.15) is 5.10 Å². The number of ether oxygens (including phenoxy) is 3. The molecule has 11 nitrogen and oxygen atoms in total. The zero-order valence-corrected chi connectivity index (χ0v) is 26.8. The van der Waals surface area contributed by atoms with Gasteiger partial charge in [-0.1, -0.05) is 49.6 Å². The molecule has 2 aliphatic rings. The van der Waals surface area contributed by atoms with Gasteiger partial charge in [-0.25, -0.2) is 0 Å². The number of fused-ring (bicyclic) bond motifs is 1. The summed E-state index contributed by atoms with van der Waals surface area (Å²) in [7, 11) is 1.69. The van der Waals surface area contributed by atoms with E-state index in [-0.39, 0.29) is 30.2 Å². The van der Waals surface area contributed by atoms with Crippen LogP contribution >= 0.6 is 0 Å². The summed E-state index contributed by atoms with van der Waals surface area (Å²) in [4.78, 5) is 27.1. The molecule has 0 radical (unpaired) electrons. The summed E-state index contributed by atoms with van der Waals surface area (Å²) in [5, 5.41) is 20.7. The van der Waals surface area contributed by atoms with Crippen LogP contribution in [0.2, 0.25) is 0 Å². The van der Waals surface area contributed by atoms with E-state index in [1.54, 1.807) is 13.2 Å². The van der Waals surface area contributed by atoms with E-state index in [9.17, 15) is 14.7 Å². The SMILES string of the molecule is COCCn1cc(-c2cccc(CCOCCC(=O)N(CCNCCc3ccc(O)c4c3OCC(=O)N4)C3CCCCC3)c2)cn1. The molecular weight excluding hydrogens is 586 g/mol. The molecule has 0 spiro atoms. The number of rotatable bonds is 17. The molecule has 0 bridgehead atoms. The Morgan fingerprint density at radius 1 is 1.11 bits per heavy atom. The van der Waals surface area contributed by atoms with Crippen LogP contribution < -0.4 is 15.4 Å². The predicted molar refractivity (Wildman–Crippen MR) is 176 cm³/mol. The van der Waals surface area contributed by atoms with E-state index in [4.69, 9.17) is 14.2 Å². The molecule has 1 saturated carbocycles. The van der Waals surface area contributed by atoms with Gasteiger partial charge in [0.2, 0.25) is 5.91 Å². The number of methoxy groups -OCH3 is 1. The van der Waals surface area contributed by atoms with Crippen molar-refractivity contribution in [2.45, 2.75) is 64.0 Å². The standard InChI is InChI=1S/C35H47N5O6/c1-44-21-18-39-24-29(23-37-39)28-7-5-6-26(22-28)13-19-45-20-14-33(43)40(30-8-3-2-4-9-30)17-16-36-15-12-27-10-11-31(41)34-35(27)46-25-32(42)38-34/h5-7,10-11,22-24,30,36,41H,2-4,8-9,12-21,25H2,1H3,(H,38,42). The van der Waals surface area contributed by atoms with Crippen molar-refractivity contribution in [2.24, 2.45) is 0 Å². The van der Waals surface area contributed by atoms with Gasteiger partial charge in [0.15, 0.2) is 12.4 Å². The van der Waals surface area contributed by atoms with Crippen LogP contribution in [0.4, 0.5) is 5.69 Å². The van der Waals surface area contributed by atoms with Crippen LogP contribution in [0, 0.1) is 0 Å². The summed E-state index contributed by atoms with van der Waals surface area (Å²) in [5.74, 6) is 0.398. The number of nitrogens with zero attached hydrogens (tertiary/aromatic N) is 3. The molecule has 3 aromatic rings. The molecule has 0 atom stereocenters. The Hall–Kier alpha value is -3.93. The Bertz CT molecular complexity index is 1440. The maximum Gasteiger partial charge on any atom is 0.262 e. The molecule has 46 heavy (non-hydrogen) atoms. The number of aromatic nitrogens is 2. The largest absolute Gasteiger partial charge is 0.506 e. The summed E-state index contributed by atoms with van der Waals surface area (Å²) in [6.45, 7) is 4.27. The fourth-order valence-corrected chi connectivity index (χ4v) is 6.18. The second-order valence-electron chi connectivity index (χ2n) is 12.0. The first-order chi connectivity index (χ1) is 22.5. The first-order valence-corrected chi connectivity index (χ1v) is 16.5. The van der Waals surface area contributed by atoms with Crippen molar-refractivity contribution in [2.75, 3.05) is 58.5 Å². The van der Waals surface area contributed by atoms with Crippen LogP contribution in [0.15, 0.2) is 48.8 Å². The zero-order valence-electron chi connectivity index (χ0n) is 26.8. The minimum absolute atomic E-state index is 0.00182. The van der Waals surface area contributed by atoms with E-state index in [0.29, 0.717) is 63.7 Å². The van der Waals surface area contributed by atoms with E-state index >= 15 is 0 Å². The highest BCUT2D eigenvalue weighted by atomic mass is 16.5. The molecule has 5 rings (SSSR count). The third-order valence-corrected chi connectivity index (χ3v) is 8.68. The Balaban J connectivity index is 1.05. The van der Waals surface area contributed by atoms with E-state index in [1.165, 1.54) is 12.0 Å². The van der Waals surface area contributed by atoms with Gasteiger partial charge in [0.25, 0.3) is 5.91 Å².